The minimum absolute atomic E-state index is 0.603. The number of anilines is 1. The molecule has 0 radical (unpaired) electrons. The van der Waals surface area contributed by atoms with Crippen molar-refractivity contribution in [3.8, 4) is 5.75 Å². The van der Waals surface area contributed by atoms with Crippen molar-refractivity contribution >= 4 is 11.6 Å². The van der Waals surface area contributed by atoms with Crippen molar-refractivity contribution in [1.29, 1.82) is 0 Å². The number of fused-ring (bicyclic) bond motifs is 1. The molecule has 132 valence electrons. The van der Waals surface area contributed by atoms with Crippen LogP contribution in [0.15, 0.2) is 71.8 Å². The highest BCUT2D eigenvalue weighted by Crippen LogP contribution is 2.17. The van der Waals surface area contributed by atoms with Crippen molar-refractivity contribution in [2.45, 2.75) is 13.0 Å². The summed E-state index contributed by atoms with van der Waals surface area (Å²) in [6, 6.07) is 13.6. The van der Waals surface area contributed by atoms with Gasteiger partial charge in [-0.15, -0.1) is 0 Å². The molecule has 0 aliphatic rings. The smallest absolute Gasteiger partial charge is 0.211 e. The summed E-state index contributed by atoms with van der Waals surface area (Å²) in [7, 11) is 0. The Labute approximate surface area is 150 Å². The lowest BCUT2D eigenvalue weighted by molar-refractivity contribution is 0.311. The molecular weight excluding hydrogens is 330 g/mol. The van der Waals surface area contributed by atoms with Crippen LogP contribution in [0.25, 0.3) is 5.65 Å². The first-order chi connectivity index (χ1) is 12.9. The number of rotatable bonds is 8. The maximum absolute atomic E-state index is 5.80. The number of para-hydroxylation sites is 1. The van der Waals surface area contributed by atoms with E-state index in [0.29, 0.717) is 13.2 Å². The molecule has 1 aromatic carbocycles. The fourth-order valence-electron chi connectivity index (χ4n) is 2.80. The number of benzene rings is 1. The highest BCUT2D eigenvalue weighted by molar-refractivity contribution is 5.46. The molecule has 0 fully saturated rings. The van der Waals surface area contributed by atoms with Gasteiger partial charge in [-0.05, 0) is 24.6 Å². The first kappa shape index (κ1) is 16.1. The van der Waals surface area contributed by atoms with Gasteiger partial charge in [-0.2, -0.15) is 0 Å². The third-order valence-electron chi connectivity index (χ3n) is 4.01. The number of imidazole rings is 1. The molecule has 0 atom stereocenters. The number of hydrogen-bond donors (Lipinski definition) is 0. The Bertz CT molecular complexity index is 937. The Morgan fingerprint density at radius 3 is 2.81 bits per heavy atom. The summed E-state index contributed by atoms with van der Waals surface area (Å²) in [6.07, 6.45) is 7.88. The summed E-state index contributed by atoms with van der Waals surface area (Å²) >= 11 is 0. The minimum Gasteiger partial charge on any atom is -0.494 e. The van der Waals surface area contributed by atoms with Gasteiger partial charge in [-0.1, -0.05) is 23.4 Å². The number of aromatic nitrogens is 4. The Hall–Kier alpha value is -3.35. The van der Waals surface area contributed by atoms with Crippen molar-refractivity contribution in [3.05, 3.63) is 73.0 Å². The van der Waals surface area contributed by atoms with Crippen molar-refractivity contribution in [3.63, 3.8) is 0 Å². The first-order valence-electron chi connectivity index (χ1n) is 8.50. The van der Waals surface area contributed by atoms with Crippen molar-refractivity contribution in [1.82, 2.24) is 19.5 Å². The number of nitrogens with zero attached hydrogens (tertiary/aromatic N) is 5. The summed E-state index contributed by atoms with van der Waals surface area (Å²) in [4.78, 5) is 11.0. The average molecular weight is 349 g/mol. The molecule has 26 heavy (non-hydrogen) atoms. The molecule has 3 heterocycles. The average Bonchev–Trinajstić information content (AvgIpc) is 3.36. The number of hydrogen-bond acceptors (Lipinski definition) is 6. The van der Waals surface area contributed by atoms with E-state index in [4.69, 9.17) is 9.26 Å². The molecule has 7 nitrogen and oxygen atoms in total. The topological polar surface area (TPSA) is 68.7 Å². The minimum atomic E-state index is 0.603. The molecule has 7 heteroatoms. The van der Waals surface area contributed by atoms with Gasteiger partial charge in [0.2, 0.25) is 5.95 Å². The normalized spacial score (nSPS) is 10.9. The second kappa shape index (κ2) is 7.69. The molecule has 0 saturated carbocycles. The third kappa shape index (κ3) is 3.66. The molecular formula is C19H19N5O2. The summed E-state index contributed by atoms with van der Waals surface area (Å²) in [5.41, 5.74) is 1.72. The lowest BCUT2D eigenvalue weighted by Crippen LogP contribution is -2.28. The van der Waals surface area contributed by atoms with Gasteiger partial charge in [-0.25, -0.2) is 9.97 Å². The Balaban J connectivity index is 1.47. The number of ether oxygens (including phenoxy) is 1. The van der Waals surface area contributed by atoms with Crippen LogP contribution >= 0.6 is 0 Å². The molecule has 0 bridgehead atoms. The van der Waals surface area contributed by atoms with Crippen LogP contribution in [0.2, 0.25) is 0 Å². The maximum Gasteiger partial charge on any atom is 0.211 e. The van der Waals surface area contributed by atoms with Gasteiger partial charge in [0.15, 0.2) is 0 Å². The van der Waals surface area contributed by atoms with E-state index >= 15 is 0 Å². The van der Waals surface area contributed by atoms with Crippen LogP contribution in [0.5, 0.6) is 5.75 Å². The van der Waals surface area contributed by atoms with Gasteiger partial charge in [0.25, 0.3) is 0 Å². The van der Waals surface area contributed by atoms with E-state index in [2.05, 4.69) is 20.0 Å². The Morgan fingerprint density at radius 1 is 1.04 bits per heavy atom. The summed E-state index contributed by atoms with van der Waals surface area (Å²) in [5, 5.41) is 4.02. The SMILES string of the molecule is c1ccc(OCCCN(Cc2ccon2)c2nccc3nccn23)cc1. The van der Waals surface area contributed by atoms with Crippen molar-refractivity contribution < 1.29 is 9.26 Å². The van der Waals surface area contributed by atoms with E-state index in [1.165, 1.54) is 0 Å². The molecule has 0 unspecified atom stereocenters. The fraction of sp³-hybridized carbons (Fsp3) is 0.211. The maximum atomic E-state index is 5.80. The van der Waals surface area contributed by atoms with Crippen LogP contribution in [0.3, 0.4) is 0 Å². The molecule has 0 saturated heterocycles. The van der Waals surface area contributed by atoms with E-state index in [9.17, 15) is 0 Å². The lowest BCUT2D eigenvalue weighted by Gasteiger charge is -2.23. The van der Waals surface area contributed by atoms with Gasteiger partial charge in [0.05, 0.1) is 13.2 Å². The summed E-state index contributed by atoms with van der Waals surface area (Å²) < 4.78 is 12.7. The largest absolute Gasteiger partial charge is 0.494 e. The van der Waals surface area contributed by atoms with Crippen LogP contribution in [0.1, 0.15) is 12.1 Å². The second-order valence-electron chi connectivity index (χ2n) is 5.83. The zero-order valence-electron chi connectivity index (χ0n) is 14.2. The molecule has 3 aromatic heterocycles. The van der Waals surface area contributed by atoms with Crippen molar-refractivity contribution in [2.75, 3.05) is 18.1 Å². The molecule has 4 aromatic rings. The fourth-order valence-corrected chi connectivity index (χ4v) is 2.80. The molecule has 0 spiro atoms. The quantitative estimate of drug-likeness (QED) is 0.455. The highest BCUT2D eigenvalue weighted by Gasteiger charge is 2.14. The van der Waals surface area contributed by atoms with E-state index in [0.717, 1.165) is 36.0 Å². The standard InChI is InChI=1S/C19H19N5O2/c1-2-5-17(6-3-1)25-13-4-11-23(15-16-8-14-26-22-16)19-21-9-7-18-20-10-12-24(18)19/h1-3,5-10,12,14H,4,11,13,15H2. The molecule has 4 rings (SSSR count). The van der Waals surface area contributed by atoms with Gasteiger partial charge in [0.1, 0.15) is 23.4 Å². The third-order valence-corrected chi connectivity index (χ3v) is 4.01. The molecule has 0 amide bonds. The zero-order valence-corrected chi connectivity index (χ0v) is 14.2. The van der Waals surface area contributed by atoms with Crippen LogP contribution in [0.4, 0.5) is 5.95 Å². The lowest BCUT2D eigenvalue weighted by atomic mass is 10.3. The van der Waals surface area contributed by atoms with Gasteiger partial charge < -0.3 is 14.2 Å². The van der Waals surface area contributed by atoms with Gasteiger partial charge in [0, 0.05) is 31.2 Å². The van der Waals surface area contributed by atoms with Crippen LogP contribution in [-0.4, -0.2) is 32.7 Å². The van der Waals surface area contributed by atoms with Crippen LogP contribution < -0.4 is 9.64 Å². The van der Waals surface area contributed by atoms with E-state index < -0.39 is 0 Å². The predicted molar refractivity (Wildman–Crippen MR) is 97.1 cm³/mol. The first-order valence-corrected chi connectivity index (χ1v) is 8.50. The van der Waals surface area contributed by atoms with Crippen LogP contribution in [0, 0.1) is 0 Å². The highest BCUT2D eigenvalue weighted by atomic mass is 16.5. The zero-order chi connectivity index (χ0) is 17.6. The van der Waals surface area contributed by atoms with Crippen LogP contribution in [-0.2, 0) is 6.54 Å². The second-order valence-corrected chi connectivity index (χ2v) is 5.83. The monoisotopic (exact) mass is 349 g/mol. The Morgan fingerprint density at radius 2 is 1.96 bits per heavy atom. The van der Waals surface area contributed by atoms with E-state index in [1.807, 2.05) is 53.1 Å². The van der Waals surface area contributed by atoms with Gasteiger partial charge >= 0.3 is 0 Å². The van der Waals surface area contributed by atoms with Gasteiger partial charge in [-0.3, -0.25) is 4.40 Å². The molecule has 0 aliphatic heterocycles. The molecule has 0 N–H and O–H groups in total. The summed E-state index contributed by atoms with van der Waals surface area (Å²) in [6.45, 7) is 2.00. The molecule has 0 aliphatic carbocycles. The van der Waals surface area contributed by atoms with Crippen molar-refractivity contribution in [2.24, 2.45) is 0 Å². The Kier molecular flexibility index (Phi) is 4.77. The van der Waals surface area contributed by atoms with E-state index in [-0.39, 0.29) is 0 Å². The summed E-state index contributed by atoms with van der Waals surface area (Å²) in [5.74, 6) is 1.70. The van der Waals surface area contributed by atoms with E-state index in [1.54, 1.807) is 18.7 Å². The predicted octanol–water partition coefficient (Wildman–Crippen LogP) is 3.19.